The summed E-state index contributed by atoms with van der Waals surface area (Å²) in [6, 6.07) is 9.49. The van der Waals surface area contributed by atoms with Gasteiger partial charge in [-0.2, -0.15) is 0 Å². The van der Waals surface area contributed by atoms with E-state index in [2.05, 4.69) is 16.7 Å². The Hall–Kier alpha value is -2.58. The van der Waals surface area contributed by atoms with Crippen molar-refractivity contribution in [3.05, 3.63) is 58.7 Å². The number of aromatic nitrogens is 1. The van der Waals surface area contributed by atoms with E-state index in [-0.39, 0.29) is 6.54 Å². The van der Waals surface area contributed by atoms with Gasteiger partial charge >= 0.3 is 12.1 Å². The molecule has 0 saturated heterocycles. The summed E-state index contributed by atoms with van der Waals surface area (Å²) in [5.41, 5.74) is 1.58. The van der Waals surface area contributed by atoms with Crippen molar-refractivity contribution in [1.29, 1.82) is 0 Å². The first-order valence-electron chi connectivity index (χ1n) is 8.86. The highest BCUT2D eigenvalue weighted by Gasteiger charge is 2.26. The van der Waals surface area contributed by atoms with Gasteiger partial charge in [0, 0.05) is 23.8 Å². The molecule has 2 aromatic rings. The first kappa shape index (κ1) is 22.7. The van der Waals surface area contributed by atoms with Gasteiger partial charge in [0.2, 0.25) is 5.88 Å². The average molecular weight is 435 g/mol. The van der Waals surface area contributed by atoms with Crippen molar-refractivity contribution in [2.45, 2.75) is 20.0 Å². The fourth-order valence-electron chi connectivity index (χ4n) is 2.46. The first-order chi connectivity index (χ1) is 14.0. The maximum Gasteiger partial charge on any atom is 0.351 e. The molecule has 0 N–H and O–H groups in total. The summed E-state index contributed by atoms with van der Waals surface area (Å²) >= 11 is 7.53. The lowest BCUT2D eigenvalue weighted by molar-refractivity contribution is 0.160. The number of imide groups is 1. The number of amides is 4. The van der Waals surface area contributed by atoms with Crippen LogP contribution in [0.3, 0.4) is 0 Å². The summed E-state index contributed by atoms with van der Waals surface area (Å²) in [5, 5.41) is 0.620. The average Bonchev–Trinajstić information content (AvgIpc) is 2.75. The van der Waals surface area contributed by atoms with Crippen LogP contribution in [0.1, 0.15) is 18.1 Å². The Balaban J connectivity index is 2.23. The fourth-order valence-corrected chi connectivity index (χ4v) is 3.19. The van der Waals surface area contributed by atoms with E-state index in [1.807, 2.05) is 19.1 Å². The van der Waals surface area contributed by atoms with Gasteiger partial charge in [-0.15, -0.1) is 11.8 Å². The van der Waals surface area contributed by atoms with Gasteiger partial charge in [0.1, 0.15) is 0 Å². The van der Waals surface area contributed by atoms with Gasteiger partial charge in [-0.1, -0.05) is 36.7 Å². The van der Waals surface area contributed by atoms with Gasteiger partial charge in [0.05, 0.1) is 19.5 Å². The molecular formula is C20H23ClN4O3S. The third-order valence-electron chi connectivity index (χ3n) is 3.95. The number of carbonyl (C=O) groups is 2. The van der Waals surface area contributed by atoms with Crippen LogP contribution >= 0.6 is 23.4 Å². The van der Waals surface area contributed by atoms with E-state index in [1.54, 1.807) is 47.1 Å². The number of ether oxygens (including phenoxy) is 1. The minimum Gasteiger partial charge on any atom is -0.481 e. The highest BCUT2D eigenvalue weighted by molar-refractivity contribution is 7.99. The number of pyridine rings is 1. The van der Waals surface area contributed by atoms with Crippen molar-refractivity contribution in [3.8, 4) is 5.88 Å². The molecule has 0 unspecified atom stereocenters. The molecule has 1 aromatic heterocycles. The number of methoxy groups -OCH3 is 1. The number of benzene rings is 1. The molecule has 154 valence electrons. The van der Waals surface area contributed by atoms with Crippen LogP contribution in [-0.4, -0.2) is 52.3 Å². The van der Waals surface area contributed by atoms with Crippen molar-refractivity contribution >= 4 is 42.1 Å². The largest absolute Gasteiger partial charge is 0.481 e. The molecule has 2 rings (SSSR count). The van der Waals surface area contributed by atoms with E-state index < -0.39 is 12.1 Å². The molecule has 0 saturated carbocycles. The lowest BCUT2D eigenvalue weighted by atomic mass is 10.2. The number of thioether (sulfide) groups is 1. The van der Waals surface area contributed by atoms with Crippen LogP contribution < -0.4 is 4.74 Å². The maximum atomic E-state index is 13.2. The predicted octanol–water partition coefficient (Wildman–Crippen LogP) is 4.70. The van der Waals surface area contributed by atoms with Gasteiger partial charge in [0.15, 0.2) is 0 Å². The summed E-state index contributed by atoms with van der Waals surface area (Å²) in [6.45, 7) is 5.65. The molecule has 1 heterocycles. The van der Waals surface area contributed by atoms with Gasteiger partial charge in [-0.05, 0) is 35.7 Å². The molecule has 1 aromatic carbocycles. The molecule has 4 amide bonds. The van der Waals surface area contributed by atoms with Gasteiger partial charge < -0.3 is 9.64 Å². The van der Waals surface area contributed by atoms with E-state index >= 15 is 0 Å². The smallest absolute Gasteiger partial charge is 0.351 e. The third kappa shape index (κ3) is 6.76. The molecule has 7 nitrogen and oxygen atoms in total. The van der Waals surface area contributed by atoms with E-state index in [9.17, 15) is 9.59 Å². The summed E-state index contributed by atoms with van der Waals surface area (Å²) in [7, 11) is 1.52. The second-order valence-corrected chi connectivity index (χ2v) is 7.64. The lowest BCUT2D eigenvalue weighted by Crippen LogP contribution is -2.44. The SMILES string of the molecule is C=NC(=O)N(Cc1ccc(OC)nc1)C(=O)N(CSCC)Cc1ccc(Cl)cc1. The van der Waals surface area contributed by atoms with Crippen LogP contribution in [0.25, 0.3) is 0 Å². The lowest BCUT2D eigenvalue weighted by Gasteiger charge is -2.28. The topological polar surface area (TPSA) is 75.1 Å². The Bertz CT molecular complexity index is 831. The zero-order valence-electron chi connectivity index (χ0n) is 16.4. The van der Waals surface area contributed by atoms with Gasteiger partial charge in [-0.25, -0.2) is 24.5 Å². The van der Waals surface area contributed by atoms with E-state index in [0.29, 0.717) is 28.9 Å². The van der Waals surface area contributed by atoms with Crippen molar-refractivity contribution < 1.29 is 14.3 Å². The van der Waals surface area contributed by atoms with E-state index in [4.69, 9.17) is 16.3 Å². The number of hydrogen-bond acceptors (Lipinski definition) is 5. The normalized spacial score (nSPS) is 10.3. The Labute approximate surface area is 179 Å². The molecule has 29 heavy (non-hydrogen) atoms. The molecule has 0 spiro atoms. The number of halogens is 1. The Morgan fingerprint density at radius 2 is 1.86 bits per heavy atom. The number of carbonyl (C=O) groups excluding carboxylic acids is 2. The molecular weight excluding hydrogens is 412 g/mol. The zero-order valence-corrected chi connectivity index (χ0v) is 17.9. The second kappa shape index (κ2) is 11.4. The minimum atomic E-state index is -0.714. The fraction of sp³-hybridized carbons (Fsp3) is 0.300. The quantitative estimate of drug-likeness (QED) is 0.444. The van der Waals surface area contributed by atoms with Crippen molar-refractivity contribution in [2.24, 2.45) is 4.99 Å². The molecule has 0 aliphatic carbocycles. The Morgan fingerprint density at radius 3 is 2.41 bits per heavy atom. The minimum absolute atomic E-state index is 0.0294. The molecule has 0 fully saturated rings. The summed E-state index contributed by atoms with van der Waals surface area (Å²) in [4.78, 5) is 35.8. The maximum absolute atomic E-state index is 13.2. The molecule has 0 aliphatic rings. The summed E-state index contributed by atoms with van der Waals surface area (Å²) in [6.07, 6.45) is 1.56. The molecule has 0 aliphatic heterocycles. The Kier molecular flexibility index (Phi) is 8.95. The zero-order chi connectivity index (χ0) is 21.2. The second-order valence-electron chi connectivity index (χ2n) is 5.96. The van der Waals surface area contributed by atoms with E-state index in [0.717, 1.165) is 16.2 Å². The number of hydrogen-bond donors (Lipinski definition) is 0. The summed E-state index contributed by atoms with van der Waals surface area (Å²) < 4.78 is 5.04. The van der Waals surface area contributed by atoms with Crippen molar-refractivity contribution in [2.75, 3.05) is 18.7 Å². The van der Waals surface area contributed by atoms with Crippen LogP contribution in [0, 0.1) is 0 Å². The first-order valence-corrected chi connectivity index (χ1v) is 10.4. The third-order valence-corrected chi connectivity index (χ3v) is 5.11. The molecule has 9 heteroatoms. The number of rotatable bonds is 8. The van der Waals surface area contributed by atoms with Crippen LogP contribution in [0.2, 0.25) is 5.02 Å². The standard InChI is InChI=1S/C20H23ClN4O3S/c1-4-29-14-24(12-15-5-8-17(21)9-6-15)20(27)25(19(26)22-2)13-16-7-10-18(28-3)23-11-16/h5-11H,2,4,12-14H2,1,3H3. The number of nitrogens with zero attached hydrogens (tertiary/aromatic N) is 4. The van der Waals surface area contributed by atoms with Crippen LogP contribution in [0.15, 0.2) is 47.6 Å². The van der Waals surface area contributed by atoms with Crippen molar-refractivity contribution in [3.63, 3.8) is 0 Å². The van der Waals surface area contributed by atoms with Gasteiger partial charge in [0.25, 0.3) is 0 Å². The Morgan fingerprint density at radius 1 is 1.17 bits per heavy atom. The molecule has 0 radical (unpaired) electrons. The predicted molar refractivity (Wildman–Crippen MR) is 117 cm³/mol. The molecule has 0 bridgehead atoms. The van der Waals surface area contributed by atoms with Crippen molar-refractivity contribution in [1.82, 2.24) is 14.8 Å². The molecule has 0 atom stereocenters. The van der Waals surface area contributed by atoms with Crippen LogP contribution in [0.5, 0.6) is 5.88 Å². The van der Waals surface area contributed by atoms with E-state index in [1.165, 1.54) is 7.11 Å². The monoisotopic (exact) mass is 434 g/mol. The number of aliphatic imine (C=N–C) groups is 1. The van der Waals surface area contributed by atoms with Crippen LogP contribution in [0.4, 0.5) is 9.59 Å². The van der Waals surface area contributed by atoms with Crippen LogP contribution in [-0.2, 0) is 13.1 Å². The summed E-state index contributed by atoms with van der Waals surface area (Å²) in [5.74, 6) is 1.71. The highest BCUT2D eigenvalue weighted by atomic mass is 35.5. The number of urea groups is 2. The van der Waals surface area contributed by atoms with Gasteiger partial charge in [-0.3, -0.25) is 0 Å². The highest BCUT2D eigenvalue weighted by Crippen LogP contribution is 2.17.